The highest BCUT2D eigenvalue weighted by Crippen LogP contribution is 2.33. The molecule has 24 heavy (non-hydrogen) atoms. The SMILES string of the molecule is CCOC(=O)c1[nH]nc(-c2ccc(OC(F)(F)F)cc2)c1C(F)F. The van der Waals surface area contributed by atoms with Gasteiger partial charge in [0, 0.05) is 5.56 Å². The minimum absolute atomic E-state index is 0.0145. The molecule has 10 heteroatoms. The van der Waals surface area contributed by atoms with E-state index >= 15 is 0 Å². The smallest absolute Gasteiger partial charge is 0.461 e. The quantitative estimate of drug-likeness (QED) is 0.652. The number of alkyl halides is 5. The van der Waals surface area contributed by atoms with Crippen molar-refractivity contribution in [3.05, 3.63) is 35.5 Å². The van der Waals surface area contributed by atoms with Crippen LogP contribution in [0.2, 0.25) is 0 Å². The monoisotopic (exact) mass is 350 g/mol. The normalized spacial score (nSPS) is 11.6. The van der Waals surface area contributed by atoms with Crippen molar-refractivity contribution in [2.75, 3.05) is 6.61 Å². The number of rotatable bonds is 5. The van der Waals surface area contributed by atoms with Gasteiger partial charge in [0.25, 0.3) is 6.43 Å². The molecule has 0 saturated heterocycles. The maximum Gasteiger partial charge on any atom is 0.573 e. The lowest BCUT2D eigenvalue weighted by Gasteiger charge is -2.09. The van der Waals surface area contributed by atoms with Gasteiger partial charge in [0.1, 0.15) is 11.4 Å². The van der Waals surface area contributed by atoms with E-state index in [-0.39, 0.29) is 17.9 Å². The number of esters is 1. The molecule has 2 rings (SSSR count). The first-order valence-electron chi connectivity index (χ1n) is 6.62. The molecule has 1 aromatic carbocycles. The number of nitrogens with zero attached hydrogens (tertiary/aromatic N) is 1. The summed E-state index contributed by atoms with van der Waals surface area (Å²) >= 11 is 0. The zero-order valence-corrected chi connectivity index (χ0v) is 12.2. The Bertz CT molecular complexity index is 710. The third-order valence-electron chi connectivity index (χ3n) is 2.86. The third kappa shape index (κ3) is 4.00. The molecule has 0 atom stereocenters. The second-order valence-electron chi connectivity index (χ2n) is 4.45. The molecule has 0 bridgehead atoms. The van der Waals surface area contributed by atoms with Crippen LogP contribution in [-0.2, 0) is 4.74 Å². The highest BCUT2D eigenvalue weighted by Gasteiger charge is 2.31. The Balaban J connectivity index is 2.36. The number of hydrogen-bond donors (Lipinski definition) is 1. The van der Waals surface area contributed by atoms with E-state index in [0.29, 0.717) is 0 Å². The Hall–Kier alpha value is -2.65. The lowest BCUT2D eigenvalue weighted by Crippen LogP contribution is -2.16. The van der Waals surface area contributed by atoms with Gasteiger partial charge < -0.3 is 9.47 Å². The highest BCUT2D eigenvalue weighted by atomic mass is 19.4. The molecule has 0 amide bonds. The average molecular weight is 350 g/mol. The Morgan fingerprint density at radius 1 is 1.25 bits per heavy atom. The number of halogens is 5. The fourth-order valence-electron chi connectivity index (χ4n) is 1.96. The fourth-order valence-corrected chi connectivity index (χ4v) is 1.96. The number of H-pyrrole nitrogens is 1. The van der Waals surface area contributed by atoms with E-state index in [0.717, 1.165) is 24.3 Å². The second-order valence-corrected chi connectivity index (χ2v) is 4.45. The molecule has 0 saturated carbocycles. The predicted molar refractivity (Wildman–Crippen MR) is 71.6 cm³/mol. The van der Waals surface area contributed by atoms with Gasteiger partial charge in [-0.05, 0) is 31.2 Å². The molecule has 1 heterocycles. The van der Waals surface area contributed by atoms with Crippen LogP contribution in [0, 0.1) is 0 Å². The van der Waals surface area contributed by atoms with Crippen molar-refractivity contribution in [2.45, 2.75) is 19.7 Å². The standard InChI is InChI=1S/C14H11F5N2O3/c1-2-23-13(22)11-9(12(15)16)10(20-21-11)7-3-5-8(6-4-7)24-14(17,18)19/h3-6,12H,2H2,1H3,(H,20,21). The zero-order valence-electron chi connectivity index (χ0n) is 12.2. The maximum absolute atomic E-state index is 13.3. The first-order chi connectivity index (χ1) is 11.2. The van der Waals surface area contributed by atoms with E-state index in [9.17, 15) is 26.7 Å². The Labute approximate surface area is 132 Å². The topological polar surface area (TPSA) is 64.2 Å². The van der Waals surface area contributed by atoms with Crippen molar-refractivity contribution < 1.29 is 36.2 Å². The molecule has 1 N–H and O–H groups in total. The summed E-state index contributed by atoms with van der Waals surface area (Å²) in [4.78, 5) is 11.7. The molecule has 0 aliphatic heterocycles. The Morgan fingerprint density at radius 2 is 1.88 bits per heavy atom. The van der Waals surface area contributed by atoms with Crippen LogP contribution in [-0.4, -0.2) is 29.1 Å². The van der Waals surface area contributed by atoms with Crippen LogP contribution in [0.15, 0.2) is 24.3 Å². The number of hydrogen-bond acceptors (Lipinski definition) is 4. The van der Waals surface area contributed by atoms with E-state index in [1.807, 2.05) is 0 Å². The molecule has 0 aliphatic carbocycles. The van der Waals surface area contributed by atoms with Gasteiger partial charge in [-0.3, -0.25) is 5.10 Å². The molecule has 130 valence electrons. The predicted octanol–water partition coefficient (Wildman–Crippen LogP) is 4.09. The summed E-state index contributed by atoms with van der Waals surface area (Å²) in [6, 6.07) is 4.16. The average Bonchev–Trinajstić information content (AvgIpc) is 2.91. The minimum atomic E-state index is -4.86. The number of carbonyl (C=O) groups excluding carboxylic acids is 1. The summed E-state index contributed by atoms with van der Waals surface area (Å²) in [5.41, 5.74) is -1.35. The van der Waals surface area contributed by atoms with E-state index in [4.69, 9.17) is 0 Å². The van der Waals surface area contributed by atoms with Gasteiger partial charge in [0.05, 0.1) is 12.2 Å². The molecule has 0 aliphatic rings. The van der Waals surface area contributed by atoms with Crippen molar-refractivity contribution in [1.82, 2.24) is 10.2 Å². The van der Waals surface area contributed by atoms with Crippen LogP contribution in [0.4, 0.5) is 22.0 Å². The number of ether oxygens (including phenoxy) is 2. The fraction of sp³-hybridized carbons (Fsp3) is 0.286. The van der Waals surface area contributed by atoms with Crippen molar-refractivity contribution in [3.8, 4) is 17.0 Å². The van der Waals surface area contributed by atoms with Gasteiger partial charge in [0.2, 0.25) is 0 Å². The summed E-state index contributed by atoms with van der Waals surface area (Å²) < 4.78 is 71.2. The summed E-state index contributed by atoms with van der Waals surface area (Å²) in [5, 5.41) is 5.82. The van der Waals surface area contributed by atoms with Gasteiger partial charge >= 0.3 is 12.3 Å². The molecule has 0 unspecified atom stereocenters. The summed E-state index contributed by atoms with van der Waals surface area (Å²) in [6.45, 7) is 1.50. The number of nitrogens with one attached hydrogen (secondary N) is 1. The highest BCUT2D eigenvalue weighted by molar-refractivity contribution is 5.91. The molecule has 2 aromatic rings. The van der Waals surface area contributed by atoms with Crippen LogP contribution >= 0.6 is 0 Å². The van der Waals surface area contributed by atoms with Gasteiger partial charge in [-0.2, -0.15) is 5.10 Å². The van der Waals surface area contributed by atoms with Gasteiger partial charge in [-0.15, -0.1) is 13.2 Å². The molecule has 0 radical (unpaired) electrons. The van der Waals surface area contributed by atoms with Crippen LogP contribution in [0.25, 0.3) is 11.3 Å². The molecule has 0 fully saturated rings. The Morgan fingerprint density at radius 3 is 2.38 bits per heavy atom. The summed E-state index contributed by atoms with van der Waals surface area (Å²) in [5.74, 6) is -1.51. The van der Waals surface area contributed by atoms with Gasteiger partial charge in [0.15, 0.2) is 5.69 Å². The number of carbonyl (C=O) groups is 1. The molecular formula is C14H11F5N2O3. The van der Waals surface area contributed by atoms with Crippen LogP contribution in [0.3, 0.4) is 0 Å². The van der Waals surface area contributed by atoms with Gasteiger partial charge in [-0.25, -0.2) is 13.6 Å². The van der Waals surface area contributed by atoms with E-state index in [1.54, 1.807) is 0 Å². The molecular weight excluding hydrogens is 339 g/mol. The van der Waals surface area contributed by atoms with Crippen LogP contribution < -0.4 is 4.74 Å². The minimum Gasteiger partial charge on any atom is -0.461 e. The third-order valence-corrected chi connectivity index (χ3v) is 2.86. The van der Waals surface area contributed by atoms with Crippen molar-refractivity contribution >= 4 is 5.97 Å². The van der Waals surface area contributed by atoms with Crippen LogP contribution in [0.5, 0.6) is 5.75 Å². The number of benzene rings is 1. The van der Waals surface area contributed by atoms with Gasteiger partial charge in [-0.1, -0.05) is 0 Å². The molecule has 0 spiro atoms. The number of aromatic nitrogens is 2. The van der Waals surface area contributed by atoms with Crippen LogP contribution in [0.1, 0.15) is 29.4 Å². The van der Waals surface area contributed by atoms with E-state index in [2.05, 4.69) is 19.7 Å². The van der Waals surface area contributed by atoms with Crippen molar-refractivity contribution in [3.63, 3.8) is 0 Å². The largest absolute Gasteiger partial charge is 0.573 e. The Kier molecular flexibility index (Phi) is 5.05. The second kappa shape index (κ2) is 6.85. The first kappa shape index (κ1) is 17.7. The van der Waals surface area contributed by atoms with E-state index in [1.165, 1.54) is 6.92 Å². The zero-order chi connectivity index (χ0) is 17.9. The number of aromatic amines is 1. The lowest BCUT2D eigenvalue weighted by atomic mass is 10.1. The maximum atomic E-state index is 13.3. The summed E-state index contributed by atoms with van der Waals surface area (Å²) in [6.07, 6.45) is -7.90. The molecule has 1 aromatic heterocycles. The lowest BCUT2D eigenvalue weighted by molar-refractivity contribution is -0.274. The molecule has 5 nitrogen and oxygen atoms in total. The van der Waals surface area contributed by atoms with E-state index < -0.39 is 35.8 Å². The first-order valence-corrected chi connectivity index (χ1v) is 6.62. The van der Waals surface area contributed by atoms with Crippen molar-refractivity contribution in [1.29, 1.82) is 0 Å². The summed E-state index contributed by atoms with van der Waals surface area (Å²) in [7, 11) is 0. The van der Waals surface area contributed by atoms with Crippen molar-refractivity contribution in [2.24, 2.45) is 0 Å².